The minimum atomic E-state index is -0.444. The molecule has 0 aliphatic carbocycles. The number of aromatic nitrogens is 1. The Kier molecular flexibility index (Phi) is 6.52. The van der Waals surface area contributed by atoms with E-state index in [2.05, 4.69) is 24.1 Å². The van der Waals surface area contributed by atoms with Gasteiger partial charge in [-0.3, -0.25) is 14.9 Å². The zero-order valence-electron chi connectivity index (χ0n) is 14.5. The van der Waals surface area contributed by atoms with Crippen molar-refractivity contribution in [3.63, 3.8) is 0 Å². The minimum Gasteiger partial charge on any atom is -0.306 e. The van der Waals surface area contributed by atoms with Crippen molar-refractivity contribution < 1.29 is 9.72 Å². The van der Waals surface area contributed by atoms with Gasteiger partial charge in [-0.15, -0.1) is 11.8 Å². The number of carbonyl (C=O) groups is 1. The summed E-state index contributed by atoms with van der Waals surface area (Å²) in [6.07, 6.45) is 2.56. The second-order valence-corrected chi connectivity index (χ2v) is 7.23. The molecular formula is C18H21N3O3S. The molecule has 2 rings (SSSR count). The van der Waals surface area contributed by atoms with Crippen molar-refractivity contribution in [2.45, 2.75) is 32.1 Å². The van der Waals surface area contributed by atoms with Crippen LogP contribution in [0, 0.1) is 23.0 Å². The maximum absolute atomic E-state index is 12.4. The van der Waals surface area contributed by atoms with Crippen molar-refractivity contribution in [1.29, 1.82) is 0 Å². The smallest absolute Gasteiger partial charge is 0.283 e. The van der Waals surface area contributed by atoms with E-state index < -0.39 is 10.8 Å². The van der Waals surface area contributed by atoms with E-state index in [0.717, 1.165) is 17.7 Å². The van der Waals surface area contributed by atoms with Crippen LogP contribution >= 0.6 is 11.8 Å². The molecule has 1 aromatic heterocycles. The van der Waals surface area contributed by atoms with E-state index in [0.29, 0.717) is 16.6 Å². The van der Waals surface area contributed by atoms with Gasteiger partial charge >= 0.3 is 0 Å². The molecule has 0 aliphatic rings. The van der Waals surface area contributed by atoms with E-state index >= 15 is 0 Å². The number of benzene rings is 1. The lowest BCUT2D eigenvalue weighted by Gasteiger charge is -2.09. The fourth-order valence-electron chi connectivity index (χ4n) is 2.12. The summed E-state index contributed by atoms with van der Waals surface area (Å²) in [6.45, 7) is 6.06. The van der Waals surface area contributed by atoms with Gasteiger partial charge in [-0.2, -0.15) is 0 Å². The van der Waals surface area contributed by atoms with Gasteiger partial charge in [-0.05, 0) is 48.8 Å². The van der Waals surface area contributed by atoms with Crippen molar-refractivity contribution >= 4 is 29.2 Å². The molecular weight excluding hydrogens is 338 g/mol. The van der Waals surface area contributed by atoms with Crippen LogP contribution < -0.4 is 5.32 Å². The SMILES string of the molecule is Cc1cccnc1NC(=O)c1ccc(SCCC(C)C)c([N+](=O)[O-])c1. The molecule has 2 aromatic rings. The van der Waals surface area contributed by atoms with Crippen molar-refractivity contribution in [2.75, 3.05) is 11.1 Å². The Morgan fingerprint density at radius 1 is 1.36 bits per heavy atom. The Labute approximate surface area is 151 Å². The largest absolute Gasteiger partial charge is 0.306 e. The van der Waals surface area contributed by atoms with Gasteiger partial charge in [-0.25, -0.2) is 4.98 Å². The highest BCUT2D eigenvalue weighted by Gasteiger charge is 2.18. The number of thioether (sulfide) groups is 1. The van der Waals surface area contributed by atoms with Crippen molar-refractivity contribution in [2.24, 2.45) is 5.92 Å². The summed E-state index contributed by atoms with van der Waals surface area (Å²) in [5.74, 6) is 1.38. The van der Waals surface area contributed by atoms with Crippen molar-refractivity contribution in [3.8, 4) is 0 Å². The second-order valence-electron chi connectivity index (χ2n) is 6.09. The number of nitro benzene ring substituents is 1. The number of nitrogens with zero attached hydrogens (tertiary/aromatic N) is 2. The number of aryl methyl sites for hydroxylation is 1. The van der Waals surface area contributed by atoms with E-state index in [-0.39, 0.29) is 11.3 Å². The second kappa shape index (κ2) is 8.62. The summed E-state index contributed by atoms with van der Waals surface area (Å²) >= 11 is 1.44. The van der Waals surface area contributed by atoms with Crippen LogP contribution in [0.3, 0.4) is 0 Å². The zero-order chi connectivity index (χ0) is 18.4. The average molecular weight is 359 g/mol. The van der Waals surface area contributed by atoms with E-state index in [1.54, 1.807) is 24.4 Å². The van der Waals surface area contributed by atoms with Gasteiger partial charge < -0.3 is 5.32 Å². The van der Waals surface area contributed by atoms with Crippen molar-refractivity contribution in [3.05, 3.63) is 57.8 Å². The number of nitro groups is 1. The van der Waals surface area contributed by atoms with Crippen LogP contribution in [-0.4, -0.2) is 21.6 Å². The summed E-state index contributed by atoms with van der Waals surface area (Å²) in [4.78, 5) is 28.0. The van der Waals surface area contributed by atoms with Gasteiger partial charge in [0.2, 0.25) is 0 Å². The van der Waals surface area contributed by atoms with Gasteiger partial charge in [0, 0.05) is 17.8 Å². The lowest BCUT2D eigenvalue weighted by atomic mass is 10.2. The van der Waals surface area contributed by atoms with Crippen LogP contribution in [0.25, 0.3) is 0 Å². The highest BCUT2D eigenvalue weighted by Crippen LogP contribution is 2.31. The van der Waals surface area contributed by atoms with E-state index in [1.165, 1.54) is 17.8 Å². The highest BCUT2D eigenvalue weighted by molar-refractivity contribution is 7.99. The van der Waals surface area contributed by atoms with Gasteiger partial charge in [-0.1, -0.05) is 19.9 Å². The Morgan fingerprint density at radius 3 is 2.76 bits per heavy atom. The first-order valence-corrected chi connectivity index (χ1v) is 9.01. The molecule has 0 aliphatic heterocycles. The summed E-state index contributed by atoms with van der Waals surface area (Å²) < 4.78 is 0. The predicted octanol–water partition coefficient (Wildman–Crippen LogP) is 4.69. The lowest BCUT2D eigenvalue weighted by Crippen LogP contribution is -2.14. The molecule has 0 fully saturated rings. The van der Waals surface area contributed by atoms with Crippen LogP contribution in [0.15, 0.2) is 41.4 Å². The van der Waals surface area contributed by atoms with Crippen LogP contribution in [-0.2, 0) is 0 Å². The molecule has 0 atom stereocenters. The first-order valence-electron chi connectivity index (χ1n) is 8.02. The predicted molar refractivity (Wildman–Crippen MR) is 100 cm³/mol. The standard InChI is InChI=1S/C18H21N3O3S/c1-12(2)8-10-25-16-7-6-14(11-15(16)21(23)24)18(22)20-17-13(3)5-4-9-19-17/h4-7,9,11-12H,8,10H2,1-3H3,(H,19,20,22). The molecule has 0 unspecified atom stereocenters. The third-order valence-electron chi connectivity index (χ3n) is 3.61. The summed E-state index contributed by atoms with van der Waals surface area (Å²) in [5.41, 5.74) is 1.02. The Bertz CT molecular complexity index is 778. The third-order valence-corrected chi connectivity index (χ3v) is 4.71. The molecule has 0 bridgehead atoms. The first kappa shape index (κ1) is 18.9. The molecule has 132 valence electrons. The molecule has 0 spiro atoms. The fraction of sp³-hybridized carbons (Fsp3) is 0.333. The van der Waals surface area contributed by atoms with Crippen LogP contribution in [0.4, 0.5) is 11.5 Å². The molecule has 0 radical (unpaired) electrons. The Balaban J connectivity index is 2.18. The molecule has 7 heteroatoms. The third kappa shape index (κ3) is 5.29. The van der Waals surface area contributed by atoms with Crippen LogP contribution in [0.2, 0.25) is 0 Å². The number of anilines is 1. The normalized spacial score (nSPS) is 10.7. The molecule has 0 saturated carbocycles. The number of hydrogen-bond acceptors (Lipinski definition) is 5. The number of pyridine rings is 1. The topological polar surface area (TPSA) is 85.1 Å². The molecule has 1 amide bonds. The van der Waals surface area contributed by atoms with Gasteiger partial charge in [0.25, 0.3) is 11.6 Å². The maximum Gasteiger partial charge on any atom is 0.283 e. The number of nitrogens with one attached hydrogen (secondary N) is 1. The number of carbonyl (C=O) groups excluding carboxylic acids is 1. The number of amides is 1. The van der Waals surface area contributed by atoms with Crippen molar-refractivity contribution in [1.82, 2.24) is 4.98 Å². The van der Waals surface area contributed by atoms with Gasteiger partial charge in [0.1, 0.15) is 5.82 Å². The highest BCUT2D eigenvalue weighted by atomic mass is 32.2. The molecule has 0 saturated heterocycles. The molecule has 25 heavy (non-hydrogen) atoms. The summed E-state index contributed by atoms with van der Waals surface area (Å²) in [7, 11) is 0. The summed E-state index contributed by atoms with van der Waals surface area (Å²) in [5, 5.41) is 14.0. The van der Waals surface area contributed by atoms with E-state index in [1.807, 2.05) is 13.0 Å². The van der Waals surface area contributed by atoms with Crippen LogP contribution in [0.5, 0.6) is 0 Å². The maximum atomic E-state index is 12.4. The Hall–Kier alpha value is -2.41. The molecule has 1 heterocycles. The molecule has 6 nitrogen and oxygen atoms in total. The molecule has 1 N–H and O–H groups in total. The zero-order valence-corrected chi connectivity index (χ0v) is 15.3. The molecule has 1 aromatic carbocycles. The number of rotatable bonds is 7. The van der Waals surface area contributed by atoms with E-state index in [9.17, 15) is 14.9 Å². The quantitative estimate of drug-likeness (QED) is 0.440. The van der Waals surface area contributed by atoms with Gasteiger partial charge in [0.05, 0.1) is 9.82 Å². The van der Waals surface area contributed by atoms with E-state index in [4.69, 9.17) is 0 Å². The van der Waals surface area contributed by atoms with Crippen LogP contribution in [0.1, 0.15) is 36.2 Å². The number of hydrogen-bond donors (Lipinski definition) is 1. The first-order chi connectivity index (χ1) is 11.9. The lowest BCUT2D eigenvalue weighted by molar-refractivity contribution is -0.387. The van der Waals surface area contributed by atoms with Gasteiger partial charge in [0.15, 0.2) is 0 Å². The fourth-order valence-corrected chi connectivity index (χ4v) is 3.38. The average Bonchev–Trinajstić information content (AvgIpc) is 2.56. The monoisotopic (exact) mass is 359 g/mol. The Morgan fingerprint density at radius 2 is 2.12 bits per heavy atom. The minimum absolute atomic E-state index is 0.0425. The summed E-state index contributed by atoms with van der Waals surface area (Å²) in [6, 6.07) is 8.19.